The van der Waals surface area contributed by atoms with Gasteiger partial charge in [-0.25, -0.2) is 4.79 Å². The summed E-state index contributed by atoms with van der Waals surface area (Å²) in [6.07, 6.45) is 0.0185. The van der Waals surface area contributed by atoms with Gasteiger partial charge in [-0.15, -0.1) is 0 Å². The third-order valence-electron chi connectivity index (χ3n) is 1.82. The van der Waals surface area contributed by atoms with E-state index in [1.54, 1.807) is 0 Å². The topological polar surface area (TPSA) is 59.0 Å². The molecule has 1 N–H and O–H groups in total. The van der Waals surface area contributed by atoms with Crippen LogP contribution in [0.25, 0.3) is 0 Å². The number of carboxylic acid groups (broad SMARTS) is 1. The number of nitrogens with zero attached hydrogens (tertiary/aromatic N) is 1. The molecule has 0 aromatic rings. The summed E-state index contributed by atoms with van der Waals surface area (Å²) < 4.78 is 8.87. The smallest absolute Gasteiger partial charge is 0.450 e. The van der Waals surface area contributed by atoms with Gasteiger partial charge in [0.25, 0.3) is 0 Å². The van der Waals surface area contributed by atoms with E-state index >= 15 is 0 Å². The van der Waals surface area contributed by atoms with E-state index in [2.05, 4.69) is 16.6 Å². The molecule has 0 spiro atoms. The van der Waals surface area contributed by atoms with Gasteiger partial charge in [-0.2, -0.15) is 0 Å². The van der Waals surface area contributed by atoms with E-state index in [0.29, 0.717) is 0 Å². The lowest BCUT2D eigenvalue weighted by atomic mass is 10.4. The molecular formula is C9H19NO4. The summed E-state index contributed by atoms with van der Waals surface area (Å²) in [5.41, 5.74) is 0. The predicted octanol–water partition coefficient (Wildman–Crippen LogP) is 1.04. The first-order valence-electron chi connectivity index (χ1n) is 4.77. The Balaban J connectivity index is 0.000000292. The molecule has 0 unspecified atom stereocenters. The third-order valence-corrected chi connectivity index (χ3v) is 1.82. The maximum Gasteiger partial charge on any atom is 0.505 e. The van der Waals surface area contributed by atoms with Crippen molar-refractivity contribution in [1.82, 2.24) is 4.90 Å². The highest BCUT2D eigenvalue weighted by Gasteiger charge is 2.07. The average molecular weight is 205 g/mol. The molecule has 14 heavy (non-hydrogen) atoms. The lowest BCUT2D eigenvalue weighted by Gasteiger charge is -2.25. The van der Waals surface area contributed by atoms with E-state index in [0.717, 1.165) is 33.4 Å². The molecule has 1 aliphatic heterocycles. The molecule has 0 radical (unpaired) electrons. The number of hydrogen-bond donors (Lipinski definition) is 1. The molecular weight excluding hydrogens is 186 g/mol. The van der Waals surface area contributed by atoms with Crippen LogP contribution in [-0.4, -0.2) is 56.1 Å². The second-order valence-corrected chi connectivity index (χ2v) is 2.92. The van der Waals surface area contributed by atoms with Crippen molar-refractivity contribution in [3.63, 3.8) is 0 Å². The highest BCUT2D eigenvalue weighted by molar-refractivity contribution is 5.56. The molecule has 1 rings (SSSR count). The number of carbonyl (C=O) groups is 1. The summed E-state index contributed by atoms with van der Waals surface area (Å²) in [4.78, 5) is 11.6. The Kier molecular flexibility index (Phi) is 8.27. The molecule has 0 aromatic carbocycles. The largest absolute Gasteiger partial charge is 0.505 e. The molecule has 0 amide bonds. The van der Waals surface area contributed by atoms with E-state index in [-0.39, 0.29) is 0 Å². The van der Waals surface area contributed by atoms with Gasteiger partial charge in [0.05, 0.1) is 20.3 Å². The number of methoxy groups -OCH3 is 1. The van der Waals surface area contributed by atoms with Crippen molar-refractivity contribution < 1.29 is 19.4 Å². The van der Waals surface area contributed by atoms with Gasteiger partial charge in [0.2, 0.25) is 0 Å². The lowest BCUT2D eigenvalue weighted by molar-refractivity contribution is 0.0380. The van der Waals surface area contributed by atoms with Gasteiger partial charge >= 0.3 is 6.16 Å². The molecule has 0 aliphatic carbocycles. The van der Waals surface area contributed by atoms with Gasteiger partial charge in [-0.05, 0) is 13.0 Å². The van der Waals surface area contributed by atoms with Crippen molar-refractivity contribution in [3.05, 3.63) is 0 Å². The van der Waals surface area contributed by atoms with Crippen LogP contribution >= 0.6 is 0 Å². The minimum absolute atomic E-state index is 0.931. The van der Waals surface area contributed by atoms with E-state index in [4.69, 9.17) is 14.6 Å². The molecule has 0 aromatic heterocycles. The van der Waals surface area contributed by atoms with Crippen molar-refractivity contribution in [1.29, 1.82) is 0 Å². The van der Waals surface area contributed by atoms with Gasteiger partial charge in [-0.3, -0.25) is 4.90 Å². The Morgan fingerprint density at radius 1 is 1.50 bits per heavy atom. The third kappa shape index (κ3) is 7.82. The Morgan fingerprint density at radius 3 is 2.36 bits per heavy atom. The van der Waals surface area contributed by atoms with Crippen LogP contribution in [0, 0.1) is 0 Å². The van der Waals surface area contributed by atoms with Crippen LogP contribution in [0.4, 0.5) is 4.79 Å². The zero-order chi connectivity index (χ0) is 10.8. The van der Waals surface area contributed by atoms with Crippen molar-refractivity contribution in [3.8, 4) is 0 Å². The number of morpholine rings is 1. The Bertz CT molecular complexity index is 143. The molecule has 5 heteroatoms. The molecule has 0 bridgehead atoms. The summed E-state index contributed by atoms with van der Waals surface area (Å²) in [5.74, 6) is 0. The van der Waals surface area contributed by atoms with Gasteiger partial charge in [0, 0.05) is 13.1 Å². The molecule has 1 aliphatic rings. The summed E-state index contributed by atoms with van der Waals surface area (Å²) in [6.45, 7) is 7.58. The van der Waals surface area contributed by atoms with Crippen LogP contribution in [-0.2, 0) is 9.47 Å². The summed E-state index contributed by atoms with van der Waals surface area (Å²) in [5, 5.41) is 7.50. The maximum absolute atomic E-state index is 9.15. The van der Waals surface area contributed by atoms with Crippen LogP contribution in [0.2, 0.25) is 0 Å². The predicted molar refractivity (Wildman–Crippen MR) is 52.6 cm³/mol. The summed E-state index contributed by atoms with van der Waals surface area (Å²) in [7, 11) is 1.10. The zero-order valence-corrected chi connectivity index (χ0v) is 8.86. The summed E-state index contributed by atoms with van der Waals surface area (Å²) >= 11 is 0. The molecule has 84 valence electrons. The fourth-order valence-electron chi connectivity index (χ4n) is 1.14. The monoisotopic (exact) mass is 205 g/mol. The molecule has 0 atom stereocenters. The van der Waals surface area contributed by atoms with Gasteiger partial charge in [0.1, 0.15) is 0 Å². The fourth-order valence-corrected chi connectivity index (χ4v) is 1.14. The molecule has 5 nitrogen and oxygen atoms in total. The average Bonchev–Trinajstić information content (AvgIpc) is 2.21. The molecule has 1 heterocycles. The fraction of sp³-hybridized carbons (Fsp3) is 0.889. The van der Waals surface area contributed by atoms with Gasteiger partial charge < -0.3 is 14.6 Å². The maximum atomic E-state index is 9.15. The Morgan fingerprint density at radius 2 is 2.00 bits per heavy atom. The van der Waals surface area contributed by atoms with Crippen LogP contribution in [0.15, 0.2) is 0 Å². The summed E-state index contributed by atoms with van der Waals surface area (Å²) in [6, 6.07) is 0. The molecule has 1 saturated heterocycles. The van der Waals surface area contributed by atoms with Gasteiger partial charge in [0.15, 0.2) is 0 Å². The van der Waals surface area contributed by atoms with E-state index < -0.39 is 6.16 Å². The standard InChI is InChI=1S/C7H15NO.C2H4O3/c1-2-3-8-4-6-9-7-5-8;1-5-2(3)4/h2-7H2,1H3;1H3,(H,3,4). The first-order valence-corrected chi connectivity index (χ1v) is 4.77. The minimum atomic E-state index is -1.25. The van der Waals surface area contributed by atoms with Crippen LogP contribution in [0.3, 0.4) is 0 Å². The first kappa shape index (κ1) is 13.2. The van der Waals surface area contributed by atoms with Crippen molar-refractivity contribution in [2.75, 3.05) is 40.0 Å². The van der Waals surface area contributed by atoms with Crippen LogP contribution in [0.5, 0.6) is 0 Å². The highest BCUT2D eigenvalue weighted by Crippen LogP contribution is 1.96. The Hall–Kier alpha value is -0.810. The molecule has 0 saturated carbocycles. The normalized spacial score (nSPS) is 16.7. The van der Waals surface area contributed by atoms with Crippen LogP contribution < -0.4 is 0 Å². The minimum Gasteiger partial charge on any atom is -0.450 e. The van der Waals surface area contributed by atoms with Crippen LogP contribution in [0.1, 0.15) is 13.3 Å². The van der Waals surface area contributed by atoms with Crippen molar-refractivity contribution in [2.45, 2.75) is 13.3 Å². The number of ether oxygens (including phenoxy) is 2. The molecule has 1 fully saturated rings. The Labute approximate surface area is 84.6 Å². The zero-order valence-electron chi connectivity index (χ0n) is 8.86. The van der Waals surface area contributed by atoms with E-state index in [9.17, 15) is 0 Å². The van der Waals surface area contributed by atoms with E-state index in [1.807, 2.05) is 0 Å². The van der Waals surface area contributed by atoms with Crippen molar-refractivity contribution >= 4 is 6.16 Å². The van der Waals surface area contributed by atoms with E-state index in [1.165, 1.54) is 13.0 Å². The first-order chi connectivity index (χ1) is 6.70. The quantitative estimate of drug-likeness (QED) is 0.682. The number of hydrogen-bond acceptors (Lipinski definition) is 4. The highest BCUT2D eigenvalue weighted by atomic mass is 16.6. The van der Waals surface area contributed by atoms with Crippen molar-refractivity contribution in [2.24, 2.45) is 0 Å². The second-order valence-electron chi connectivity index (χ2n) is 2.92. The number of rotatable bonds is 2. The SMILES string of the molecule is CCCN1CCOCC1.COC(=O)O. The van der Waals surface area contributed by atoms with Gasteiger partial charge in [-0.1, -0.05) is 6.92 Å². The second kappa shape index (κ2) is 8.77. The lowest BCUT2D eigenvalue weighted by Crippen LogP contribution is -2.36.